The smallest absolute Gasteiger partial charge is 0.332 e. The van der Waals surface area contributed by atoms with Crippen LogP contribution in [0.15, 0.2) is 91.0 Å². The van der Waals surface area contributed by atoms with Crippen LogP contribution in [0.25, 0.3) is 0 Å². The number of Topliss-reactive ketones (excluding diaryl/α,β-unsaturated/α-hetero) is 3. The summed E-state index contributed by atoms with van der Waals surface area (Å²) < 4.78 is 0. The summed E-state index contributed by atoms with van der Waals surface area (Å²) in [4.78, 5) is 55.2. The van der Waals surface area contributed by atoms with Crippen molar-refractivity contribution in [3.8, 4) is 0 Å². The molecule has 0 radical (unpaired) electrons. The van der Waals surface area contributed by atoms with Crippen molar-refractivity contribution < 1.29 is 29.1 Å². The van der Waals surface area contributed by atoms with E-state index in [1.807, 2.05) is 91.0 Å². The number of benzene rings is 3. The molecular weight excluding hydrogens is 436 g/mol. The topological polar surface area (TPSA) is 109 Å². The highest BCUT2D eigenvalue weighted by Gasteiger charge is 2.53. The monoisotopic (exact) mass is 462 g/mol. The molecule has 0 spiro atoms. The Labute approximate surface area is 193 Å². The van der Waals surface area contributed by atoms with E-state index in [0.717, 1.165) is 36.3 Å². The summed E-state index contributed by atoms with van der Waals surface area (Å²) in [5.74, 6) is -4.58. The lowest BCUT2D eigenvalue weighted by Crippen LogP contribution is -2.67. The second kappa shape index (κ2) is 10.8. The number of ketones is 3. The van der Waals surface area contributed by atoms with Crippen molar-refractivity contribution in [2.45, 2.75) is 20.8 Å². The lowest BCUT2D eigenvalue weighted by molar-refractivity contribution is -0.162. The van der Waals surface area contributed by atoms with Gasteiger partial charge in [0, 0.05) is 0 Å². The van der Waals surface area contributed by atoms with Crippen LogP contribution in [0.2, 0.25) is 0 Å². The third-order valence-electron chi connectivity index (χ3n) is 5.48. The lowest BCUT2D eigenvalue weighted by atomic mass is 9.77. The molecule has 0 saturated heterocycles. The van der Waals surface area contributed by atoms with Crippen LogP contribution < -0.4 is 15.6 Å². The summed E-state index contributed by atoms with van der Waals surface area (Å²) in [5, 5.41) is 11.7. The van der Waals surface area contributed by atoms with Gasteiger partial charge in [-0.2, -0.15) is 0 Å². The molecule has 0 aliphatic rings. The molecule has 0 heterocycles. The van der Waals surface area contributed by atoms with Crippen LogP contribution in [0.3, 0.4) is 0 Å². The summed E-state index contributed by atoms with van der Waals surface area (Å²) in [5.41, 5.74) is -2.50. The molecule has 0 aromatic heterocycles. The van der Waals surface area contributed by atoms with Crippen LogP contribution in [-0.2, 0) is 19.2 Å². The quantitative estimate of drug-likeness (QED) is 0.313. The van der Waals surface area contributed by atoms with Crippen molar-refractivity contribution >= 4 is 47.2 Å². The van der Waals surface area contributed by atoms with Crippen molar-refractivity contribution in [1.82, 2.24) is 0 Å². The van der Waals surface area contributed by atoms with Crippen LogP contribution in [0.5, 0.6) is 0 Å². The van der Waals surface area contributed by atoms with Gasteiger partial charge in [0.15, 0.2) is 17.3 Å². The maximum Gasteiger partial charge on any atom is 0.332 e. The van der Waals surface area contributed by atoms with Crippen molar-refractivity contribution in [3.63, 3.8) is 0 Å². The largest absolute Gasteiger partial charge is 0.480 e. The fourth-order valence-electron chi connectivity index (χ4n) is 3.73. The van der Waals surface area contributed by atoms with Crippen LogP contribution in [-0.4, -0.2) is 41.5 Å². The molecule has 3 aromatic carbocycles. The van der Waals surface area contributed by atoms with Crippen molar-refractivity contribution in [2.75, 3.05) is 0 Å². The summed E-state index contributed by atoms with van der Waals surface area (Å²) in [6.45, 7) is 2.74. The average molecular weight is 463 g/mol. The highest BCUT2D eigenvalue weighted by Crippen LogP contribution is 2.22. The summed E-state index contributed by atoms with van der Waals surface area (Å²) in [6.07, 6.45) is 0. The average Bonchev–Trinajstić information content (AvgIpc) is 2.80. The minimum atomic E-state index is -2.88. The molecule has 0 aliphatic heterocycles. The van der Waals surface area contributed by atoms with E-state index in [0.29, 0.717) is 0 Å². The lowest BCUT2D eigenvalue weighted by Gasteiger charge is -2.26. The number of carbonyl (C=O) groups is 4. The minimum Gasteiger partial charge on any atom is -0.480 e. The van der Waals surface area contributed by atoms with Crippen LogP contribution in [0.1, 0.15) is 20.8 Å². The number of carboxylic acids is 1. The standard InChI is InChI=1S/C18H16OSi.C8H10O5/c19-20(16-10-4-1-5-11-16,17-12-6-2-7-13-17)18-14-8-3-9-15-18;1-4(9)8(5(2)10,6(3)11)7(12)13/h1-15,19H;1-3H3,(H,12,13). The summed E-state index contributed by atoms with van der Waals surface area (Å²) >= 11 is 0. The van der Waals surface area contributed by atoms with Gasteiger partial charge in [0.05, 0.1) is 0 Å². The predicted octanol–water partition coefficient (Wildman–Crippen LogP) is 1.47. The molecule has 170 valence electrons. The van der Waals surface area contributed by atoms with Gasteiger partial charge in [0.1, 0.15) is 0 Å². The van der Waals surface area contributed by atoms with Gasteiger partial charge in [-0.3, -0.25) is 19.2 Å². The van der Waals surface area contributed by atoms with E-state index >= 15 is 0 Å². The molecule has 2 N–H and O–H groups in total. The molecule has 0 fully saturated rings. The molecule has 33 heavy (non-hydrogen) atoms. The Morgan fingerprint density at radius 3 is 0.970 bits per heavy atom. The number of hydrogen-bond donors (Lipinski definition) is 2. The predicted molar refractivity (Wildman–Crippen MR) is 128 cm³/mol. The molecule has 0 atom stereocenters. The summed E-state index contributed by atoms with van der Waals surface area (Å²) in [6, 6.07) is 30.0. The molecule has 0 aliphatic carbocycles. The first-order valence-electron chi connectivity index (χ1n) is 10.2. The Balaban J connectivity index is 0.000000260. The normalized spacial score (nSPS) is 11.0. The molecule has 0 saturated carbocycles. The summed E-state index contributed by atoms with van der Waals surface area (Å²) in [7, 11) is -2.88. The Bertz CT molecular complexity index is 969. The first-order chi connectivity index (χ1) is 15.6. The number of carboxylic acid groups (broad SMARTS) is 1. The van der Waals surface area contributed by atoms with Gasteiger partial charge in [-0.1, -0.05) is 91.0 Å². The SMILES string of the molecule is CC(=O)C(C(C)=O)(C(C)=O)C(=O)O.O[Si](c1ccccc1)(c1ccccc1)c1ccccc1. The Kier molecular flexibility index (Phi) is 8.34. The van der Waals surface area contributed by atoms with Gasteiger partial charge < -0.3 is 9.90 Å². The zero-order chi connectivity index (χ0) is 24.6. The Morgan fingerprint density at radius 2 is 0.818 bits per heavy atom. The van der Waals surface area contributed by atoms with E-state index in [1.54, 1.807) is 0 Å². The first-order valence-corrected chi connectivity index (χ1v) is 12.2. The Morgan fingerprint density at radius 1 is 0.576 bits per heavy atom. The van der Waals surface area contributed by atoms with Gasteiger partial charge in [0.2, 0.25) is 5.41 Å². The molecule has 0 bridgehead atoms. The molecule has 3 rings (SSSR count). The highest BCUT2D eigenvalue weighted by molar-refractivity contribution is 7.06. The molecule has 3 aromatic rings. The van der Waals surface area contributed by atoms with E-state index < -0.39 is 37.1 Å². The van der Waals surface area contributed by atoms with Crippen LogP contribution in [0, 0.1) is 5.41 Å². The van der Waals surface area contributed by atoms with Crippen molar-refractivity contribution in [1.29, 1.82) is 0 Å². The van der Waals surface area contributed by atoms with Crippen LogP contribution >= 0.6 is 0 Å². The fourth-order valence-corrected chi connectivity index (χ4v) is 6.76. The van der Waals surface area contributed by atoms with Crippen molar-refractivity contribution in [2.24, 2.45) is 5.41 Å². The molecular formula is C26H26O6Si. The fraction of sp³-hybridized carbons (Fsp3) is 0.154. The van der Waals surface area contributed by atoms with Gasteiger partial charge in [0.25, 0.3) is 8.32 Å². The molecule has 7 heteroatoms. The van der Waals surface area contributed by atoms with Crippen LogP contribution in [0.4, 0.5) is 0 Å². The van der Waals surface area contributed by atoms with Gasteiger partial charge in [-0.05, 0) is 36.3 Å². The second-order valence-corrected chi connectivity index (χ2v) is 10.7. The molecule has 0 unspecified atom stereocenters. The highest BCUT2D eigenvalue weighted by atomic mass is 28.4. The van der Waals surface area contributed by atoms with Crippen molar-refractivity contribution in [3.05, 3.63) is 91.0 Å². The minimum absolute atomic E-state index is 0.914. The zero-order valence-electron chi connectivity index (χ0n) is 18.7. The van der Waals surface area contributed by atoms with Gasteiger partial charge in [-0.15, -0.1) is 0 Å². The van der Waals surface area contributed by atoms with Gasteiger partial charge in [-0.25, -0.2) is 0 Å². The van der Waals surface area contributed by atoms with E-state index in [9.17, 15) is 24.0 Å². The maximum atomic E-state index is 11.6. The number of aliphatic carboxylic acids is 1. The number of carbonyl (C=O) groups excluding carboxylic acids is 3. The second-order valence-electron chi connectivity index (χ2n) is 7.53. The maximum absolute atomic E-state index is 11.6. The van der Waals surface area contributed by atoms with E-state index in [2.05, 4.69) is 0 Å². The third-order valence-corrected chi connectivity index (χ3v) is 8.99. The Hall–Kier alpha value is -3.68. The zero-order valence-corrected chi connectivity index (χ0v) is 19.7. The van der Waals surface area contributed by atoms with Gasteiger partial charge >= 0.3 is 5.97 Å². The van der Waals surface area contributed by atoms with E-state index in [1.165, 1.54) is 0 Å². The number of hydrogen-bond acceptors (Lipinski definition) is 5. The van der Waals surface area contributed by atoms with E-state index in [-0.39, 0.29) is 0 Å². The molecule has 0 amide bonds. The number of rotatable bonds is 7. The third kappa shape index (κ3) is 5.05. The first kappa shape index (κ1) is 25.6. The molecule has 6 nitrogen and oxygen atoms in total. The van der Waals surface area contributed by atoms with E-state index in [4.69, 9.17) is 5.11 Å².